The minimum absolute atomic E-state index is 0.313. The summed E-state index contributed by atoms with van der Waals surface area (Å²) in [6, 6.07) is 2.17. The maximum atomic E-state index is 9.00. The van der Waals surface area contributed by atoms with E-state index < -0.39 is 0 Å². The molecule has 0 radical (unpaired) electrons. The van der Waals surface area contributed by atoms with E-state index in [1.165, 1.54) is 18.5 Å². The Balaban J connectivity index is 1.80. The van der Waals surface area contributed by atoms with Crippen molar-refractivity contribution in [1.29, 1.82) is 0 Å². The van der Waals surface area contributed by atoms with Gasteiger partial charge in [-0.1, -0.05) is 6.92 Å². The number of aliphatic hydroxyl groups excluding tert-OH is 1. The molecule has 0 amide bonds. The number of nitrogens with one attached hydrogen (secondary N) is 1. The van der Waals surface area contributed by atoms with E-state index in [0.717, 1.165) is 31.6 Å². The van der Waals surface area contributed by atoms with E-state index in [4.69, 9.17) is 5.11 Å². The van der Waals surface area contributed by atoms with Crippen LogP contribution in [-0.2, 0) is 20.0 Å². The number of hydrogen-bond donors (Lipinski definition) is 2. The standard InChI is InChI=1S/C13H23N3O/c1-3-11-8-12(16(2)15-11)9-14-10-13(4-5-13)6-7-17/h8,14,17H,3-7,9-10H2,1-2H3. The average Bonchev–Trinajstić information content (AvgIpc) is 2.97. The summed E-state index contributed by atoms with van der Waals surface area (Å²) >= 11 is 0. The zero-order valence-corrected chi connectivity index (χ0v) is 10.9. The molecule has 1 aromatic rings. The first kappa shape index (κ1) is 12.6. The molecule has 4 nitrogen and oxygen atoms in total. The fraction of sp³-hybridized carbons (Fsp3) is 0.769. The predicted octanol–water partition coefficient (Wildman–Crippen LogP) is 1.23. The molecule has 0 spiro atoms. The third kappa shape index (κ3) is 3.07. The van der Waals surface area contributed by atoms with Crippen LogP contribution in [-0.4, -0.2) is 28.0 Å². The topological polar surface area (TPSA) is 50.1 Å². The van der Waals surface area contributed by atoms with Gasteiger partial charge in [-0.05, 0) is 37.2 Å². The molecule has 4 heteroatoms. The molecule has 1 aromatic heterocycles. The number of hydrogen-bond acceptors (Lipinski definition) is 3. The second kappa shape index (κ2) is 5.19. The lowest BCUT2D eigenvalue weighted by Gasteiger charge is -2.14. The van der Waals surface area contributed by atoms with Gasteiger partial charge < -0.3 is 10.4 Å². The van der Waals surface area contributed by atoms with Gasteiger partial charge in [0.05, 0.1) is 11.4 Å². The van der Waals surface area contributed by atoms with Crippen molar-refractivity contribution in [2.45, 2.75) is 39.2 Å². The SMILES string of the molecule is CCc1cc(CNCC2(CCO)CC2)n(C)n1. The molecule has 17 heavy (non-hydrogen) atoms. The Labute approximate surface area is 103 Å². The van der Waals surface area contributed by atoms with Crippen LogP contribution in [0.4, 0.5) is 0 Å². The molecule has 0 saturated heterocycles. The molecular formula is C13H23N3O. The summed E-state index contributed by atoms with van der Waals surface area (Å²) < 4.78 is 1.96. The van der Waals surface area contributed by atoms with Crippen molar-refractivity contribution >= 4 is 0 Å². The molecule has 2 rings (SSSR count). The molecule has 2 N–H and O–H groups in total. The van der Waals surface area contributed by atoms with Crippen LogP contribution in [0.5, 0.6) is 0 Å². The Kier molecular flexibility index (Phi) is 3.84. The minimum atomic E-state index is 0.313. The molecule has 0 aromatic carbocycles. The van der Waals surface area contributed by atoms with Gasteiger partial charge in [0.2, 0.25) is 0 Å². The minimum Gasteiger partial charge on any atom is -0.396 e. The van der Waals surface area contributed by atoms with Gasteiger partial charge in [0.1, 0.15) is 0 Å². The van der Waals surface area contributed by atoms with E-state index >= 15 is 0 Å². The molecule has 1 fully saturated rings. The Bertz CT molecular complexity index is 369. The van der Waals surface area contributed by atoms with E-state index in [2.05, 4.69) is 23.4 Å². The molecule has 1 saturated carbocycles. The maximum Gasteiger partial charge on any atom is 0.0625 e. The first-order valence-corrected chi connectivity index (χ1v) is 6.52. The highest BCUT2D eigenvalue weighted by molar-refractivity contribution is 5.10. The van der Waals surface area contributed by atoms with Crippen LogP contribution in [0.1, 0.15) is 37.6 Å². The summed E-state index contributed by atoms with van der Waals surface area (Å²) in [5.41, 5.74) is 2.78. The zero-order valence-electron chi connectivity index (χ0n) is 10.9. The van der Waals surface area contributed by atoms with Gasteiger partial charge in [-0.3, -0.25) is 4.68 Å². The lowest BCUT2D eigenvalue weighted by molar-refractivity contribution is 0.245. The Morgan fingerprint density at radius 1 is 1.53 bits per heavy atom. The number of aryl methyl sites for hydroxylation is 2. The molecule has 96 valence electrons. The van der Waals surface area contributed by atoms with E-state index in [1.807, 2.05) is 11.7 Å². The molecule has 1 heterocycles. The predicted molar refractivity (Wildman–Crippen MR) is 67.7 cm³/mol. The smallest absolute Gasteiger partial charge is 0.0625 e. The highest BCUT2D eigenvalue weighted by Crippen LogP contribution is 2.47. The van der Waals surface area contributed by atoms with Gasteiger partial charge in [-0.15, -0.1) is 0 Å². The Morgan fingerprint density at radius 2 is 2.29 bits per heavy atom. The van der Waals surface area contributed by atoms with Crippen molar-refractivity contribution < 1.29 is 5.11 Å². The van der Waals surface area contributed by atoms with Crippen molar-refractivity contribution in [2.75, 3.05) is 13.2 Å². The lowest BCUT2D eigenvalue weighted by Crippen LogP contribution is -2.25. The number of rotatable bonds is 7. The van der Waals surface area contributed by atoms with Crippen molar-refractivity contribution in [1.82, 2.24) is 15.1 Å². The molecule has 0 atom stereocenters. The Morgan fingerprint density at radius 3 is 2.82 bits per heavy atom. The molecule has 0 bridgehead atoms. The van der Waals surface area contributed by atoms with Crippen LogP contribution in [0.3, 0.4) is 0 Å². The van der Waals surface area contributed by atoms with Crippen LogP contribution in [0.25, 0.3) is 0 Å². The highest BCUT2D eigenvalue weighted by Gasteiger charge is 2.41. The van der Waals surface area contributed by atoms with Crippen molar-refractivity contribution in [3.63, 3.8) is 0 Å². The van der Waals surface area contributed by atoms with Crippen LogP contribution >= 0.6 is 0 Å². The Hall–Kier alpha value is -0.870. The van der Waals surface area contributed by atoms with Gasteiger partial charge in [0.15, 0.2) is 0 Å². The normalized spacial score (nSPS) is 17.4. The third-order valence-corrected chi connectivity index (χ3v) is 3.79. The first-order chi connectivity index (χ1) is 8.19. The fourth-order valence-electron chi connectivity index (χ4n) is 2.29. The second-order valence-corrected chi connectivity index (χ2v) is 5.18. The lowest BCUT2D eigenvalue weighted by atomic mass is 10.0. The van der Waals surface area contributed by atoms with Crippen molar-refractivity contribution in [3.8, 4) is 0 Å². The molecule has 1 aliphatic carbocycles. The van der Waals surface area contributed by atoms with Gasteiger partial charge in [0, 0.05) is 26.7 Å². The maximum absolute atomic E-state index is 9.00. The summed E-state index contributed by atoms with van der Waals surface area (Å²) in [4.78, 5) is 0. The van der Waals surface area contributed by atoms with Gasteiger partial charge in [-0.2, -0.15) is 5.10 Å². The molecule has 1 aliphatic rings. The summed E-state index contributed by atoms with van der Waals surface area (Å²) in [5, 5.41) is 16.9. The van der Waals surface area contributed by atoms with Crippen LogP contribution in [0.15, 0.2) is 6.07 Å². The van der Waals surface area contributed by atoms with Crippen LogP contribution in [0.2, 0.25) is 0 Å². The summed E-state index contributed by atoms with van der Waals surface area (Å²) in [7, 11) is 2.00. The number of nitrogens with zero attached hydrogens (tertiary/aromatic N) is 2. The first-order valence-electron chi connectivity index (χ1n) is 6.52. The summed E-state index contributed by atoms with van der Waals surface area (Å²) in [5.74, 6) is 0. The largest absolute Gasteiger partial charge is 0.396 e. The average molecular weight is 237 g/mol. The van der Waals surface area contributed by atoms with E-state index in [1.54, 1.807) is 0 Å². The highest BCUT2D eigenvalue weighted by atomic mass is 16.3. The third-order valence-electron chi connectivity index (χ3n) is 3.79. The van der Waals surface area contributed by atoms with Gasteiger partial charge in [0.25, 0.3) is 0 Å². The van der Waals surface area contributed by atoms with E-state index in [0.29, 0.717) is 12.0 Å². The molecular weight excluding hydrogens is 214 g/mol. The van der Waals surface area contributed by atoms with Crippen molar-refractivity contribution in [3.05, 3.63) is 17.5 Å². The van der Waals surface area contributed by atoms with Gasteiger partial charge in [-0.25, -0.2) is 0 Å². The fourth-order valence-corrected chi connectivity index (χ4v) is 2.29. The molecule has 0 aliphatic heterocycles. The van der Waals surface area contributed by atoms with Crippen molar-refractivity contribution in [2.24, 2.45) is 12.5 Å². The quantitative estimate of drug-likeness (QED) is 0.750. The number of aromatic nitrogens is 2. The summed E-state index contributed by atoms with van der Waals surface area (Å²) in [6.07, 6.45) is 4.44. The van der Waals surface area contributed by atoms with E-state index in [9.17, 15) is 0 Å². The van der Waals surface area contributed by atoms with Gasteiger partial charge >= 0.3 is 0 Å². The van der Waals surface area contributed by atoms with Crippen LogP contribution < -0.4 is 5.32 Å². The monoisotopic (exact) mass is 237 g/mol. The van der Waals surface area contributed by atoms with Crippen LogP contribution in [0, 0.1) is 5.41 Å². The molecule has 0 unspecified atom stereocenters. The number of aliphatic hydroxyl groups is 1. The zero-order chi connectivity index (χ0) is 12.3. The van der Waals surface area contributed by atoms with E-state index in [-0.39, 0.29) is 0 Å². The summed E-state index contributed by atoms with van der Waals surface area (Å²) in [6.45, 7) is 4.32. The second-order valence-electron chi connectivity index (χ2n) is 5.18.